The minimum absolute atomic E-state index is 0.000341. The van der Waals surface area contributed by atoms with E-state index in [1.54, 1.807) is 105 Å². The van der Waals surface area contributed by atoms with Crippen LogP contribution in [-0.4, -0.2) is 172 Å². The monoisotopic (exact) mass is 1240 g/mol. The molecular formula is C69H84N6O15. The molecule has 0 saturated carbocycles. The number of ether oxygens (including phenoxy) is 6. The third-order valence-electron chi connectivity index (χ3n) is 16.0. The first-order valence-corrected chi connectivity index (χ1v) is 30.2. The summed E-state index contributed by atoms with van der Waals surface area (Å²) in [5, 5.41) is 15.9. The highest BCUT2D eigenvalue weighted by Gasteiger charge is 2.38. The van der Waals surface area contributed by atoms with Gasteiger partial charge in [0, 0.05) is 77.5 Å². The number of amides is 6. The van der Waals surface area contributed by atoms with Crippen LogP contribution >= 0.6 is 0 Å². The first kappa shape index (κ1) is 68.1. The number of nitrogens with zero attached hydrogens (tertiary/aromatic N) is 4. The maximum atomic E-state index is 14.9. The molecule has 0 spiro atoms. The average molecular weight is 1240 g/mol. The normalized spacial score (nSPS) is 21.3. The number of rotatable bonds is 12. The van der Waals surface area contributed by atoms with E-state index in [2.05, 4.69) is 10.6 Å². The standard InChI is InChI=1S/C69H84N6O15/c1-69(2)42-62(78)75-35-18-15-26-55(75)68(84)90-57(33-30-50-40-59(86-7)60(87-8)41-58(50)85-6)49-24-19-25-52(39-49)88-44-63(79)74(5)56(38-48-28-31-51(76)32-29-48)65(81)71-54(37-47-22-13-10-14-23-47)67(83)73(4)43-61(77)70-53(36-46-20-11-9-12-21-46)66(82)72(3)34-17-16-27-64(80)89-45-69/h9-14,16,19-25,27-29,31-32,39-41,53-57,76H,15,17-18,26,30,33-38,42-45H2,1-8H3,(H,70,77)(H,71,81)/b27-16+/t53-,54-,55+,56+,57-/m1/s1. The highest BCUT2D eigenvalue weighted by molar-refractivity contribution is 5.95. The van der Waals surface area contributed by atoms with Gasteiger partial charge in [-0.1, -0.05) is 105 Å². The number of hydrogen-bond acceptors (Lipinski definition) is 15. The highest BCUT2D eigenvalue weighted by Crippen LogP contribution is 2.38. The van der Waals surface area contributed by atoms with Crippen LogP contribution in [-0.2, 0) is 73.5 Å². The molecule has 0 radical (unpaired) electrons. The van der Waals surface area contributed by atoms with Gasteiger partial charge in [-0.3, -0.25) is 28.8 Å². The van der Waals surface area contributed by atoms with Crippen LogP contribution in [0.1, 0.15) is 86.3 Å². The van der Waals surface area contributed by atoms with E-state index in [0.717, 1.165) is 11.1 Å². The Morgan fingerprint density at radius 3 is 1.92 bits per heavy atom. The third-order valence-corrected chi connectivity index (χ3v) is 16.0. The summed E-state index contributed by atoms with van der Waals surface area (Å²) in [5.74, 6) is -2.99. The van der Waals surface area contributed by atoms with Crippen molar-refractivity contribution >= 4 is 47.4 Å². The molecule has 480 valence electrons. The molecule has 0 aliphatic carbocycles. The summed E-state index contributed by atoms with van der Waals surface area (Å²) in [6.07, 6.45) is 4.34. The minimum atomic E-state index is -1.26. The Morgan fingerprint density at radius 1 is 0.644 bits per heavy atom. The van der Waals surface area contributed by atoms with Gasteiger partial charge in [-0.15, -0.1) is 0 Å². The number of phenolic OH excluding ortho intramolecular Hbond substituents is 1. The molecule has 21 nitrogen and oxygen atoms in total. The SMILES string of the molecule is COc1cc(OC)c(OC)cc1CC[C@H]1OC(=O)[C@@H]2CCCCN2C(=O)CC(C)(C)COC(=O)/C=C/CCN(C)C(=O)[C@@H](Cc2ccccc2)NC(=O)CN(C)C(=O)[C@@H](Cc2ccccc2)NC(=O)[C@H](Cc2ccc(O)cc2)N(C)C(=O)COc2cccc1c2. The number of esters is 2. The lowest BCUT2D eigenvalue weighted by molar-refractivity contribution is -0.163. The first-order chi connectivity index (χ1) is 43.1. The number of carbonyl (C=O) groups excluding carboxylic acids is 8. The van der Waals surface area contributed by atoms with Crippen LogP contribution in [0.15, 0.2) is 133 Å². The number of cyclic esters (lactones) is 2. The second-order valence-corrected chi connectivity index (χ2v) is 23.5. The van der Waals surface area contributed by atoms with Gasteiger partial charge in [0.25, 0.3) is 5.91 Å². The van der Waals surface area contributed by atoms with E-state index in [4.69, 9.17) is 28.4 Å². The fourth-order valence-electron chi connectivity index (χ4n) is 10.9. The molecule has 1 fully saturated rings. The maximum absolute atomic E-state index is 14.9. The van der Waals surface area contributed by atoms with Crippen molar-refractivity contribution in [3.8, 4) is 28.7 Å². The molecule has 5 aromatic carbocycles. The molecule has 1 saturated heterocycles. The number of piperidine rings is 1. The largest absolute Gasteiger partial charge is 0.508 e. The summed E-state index contributed by atoms with van der Waals surface area (Å²) < 4.78 is 35.2. The van der Waals surface area contributed by atoms with Crippen molar-refractivity contribution in [1.82, 2.24) is 30.2 Å². The molecule has 90 heavy (non-hydrogen) atoms. The predicted molar refractivity (Wildman–Crippen MR) is 335 cm³/mol. The molecule has 2 aliphatic rings. The van der Waals surface area contributed by atoms with Gasteiger partial charge >= 0.3 is 11.9 Å². The molecule has 2 heterocycles. The number of phenols is 1. The summed E-state index contributed by atoms with van der Waals surface area (Å²) in [6.45, 7) is 2.87. The van der Waals surface area contributed by atoms with Crippen molar-refractivity contribution in [2.75, 3.05) is 75.3 Å². The molecule has 5 atom stereocenters. The lowest BCUT2D eigenvalue weighted by Gasteiger charge is -2.37. The average Bonchev–Trinajstić information content (AvgIpc) is 1.45. The van der Waals surface area contributed by atoms with Gasteiger partial charge in [-0.05, 0) is 96.7 Å². The number of benzene rings is 5. The van der Waals surface area contributed by atoms with Crippen LogP contribution in [0.5, 0.6) is 28.7 Å². The second-order valence-electron chi connectivity index (χ2n) is 23.5. The highest BCUT2D eigenvalue weighted by atomic mass is 16.5. The number of methoxy groups -OCH3 is 3. The Bertz CT molecular complexity index is 3300. The van der Waals surface area contributed by atoms with Crippen LogP contribution in [0.25, 0.3) is 0 Å². The van der Waals surface area contributed by atoms with E-state index in [9.17, 15) is 43.5 Å². The van der Waals surface area contributed by atoms with Crippen LogP contribution in [0, 0.1) is 5.41 Å². The molecular weight excluding hydrogens is 1150 g/mol. The fourth-order valence-corrected chi connectivity index (χ4v) is 10.9. The van der Waals surface area contributed by atoms with Gasteiger partial charge in [-0.25, -0.2) is 9.59 Å². The Morgan fingerprint density at radius 2 is 1.27 bits per heavy atom. The quantitative estimate of drug-likeness (QED) is 0.109. The van der Waals surface area contributed by atoms with E-state index in [0.29, 0.717) is 66.2 Å². The van der Waals surface area contributed by atoms with Crippen LogP contribution < -0.4 is 29.6 Å². The maximum Gasteiger partial charge on any atom is 0.330 e. The fraction of sp³-hybridized carbons (Fsp3) is 0.420. The number of carbonyl (C=O) groups is 8. The van der Waals surface area contributed by atoms with E-state index < -0.39 is 90.3 Å². The van der Waals surface area contributed by atoms with Gasteiger partial charge in [-0.2, -0.15) is 0 Å². The molecule has 7 rings (SSSR count). The molecule has 6 amide bonds. The topological polar surface area (TPSA) is 249 Å². The lowest BCUT2D eigenvalue weighted by Crippen LogP contribution is -2.57. The molecule has 0 unspecified atom stereocenters. The van der Waals surface area contributed by atoms with Crippen molar-refractivity contribution in [2.24, 2.45) is 5.41 Å². The number of fused-ring (bicyclic) bond motifs is 3. The number of likely N-dealkylation sites (N-methyl/N-ethyl adjacent to an activating group) is 3. The van der Waals surface area contributed by atoms with Crippen molar-refractivity contribution in [3.63, 3.8) is 0 Å². The molecule has 0 aromatic heterocycles. The van der Waals surface area contributed by atoms with Gasteiger partial charge in [0.1, 0.15) is 47.5 Å². The Kier molecular flexibility index (Phi) is 24.8. The van der Waals surface area contributed by atoms with Gasteiger partial charge in [0.15, 0.2) is 18.1 Å². The summed E-state index contributed by atoms with van der Waals surface area (Å²) in [4.78, 5) is 120. The Balaban J connectivity index is 1.22. The van der Waals surface area contributed by atoms with Crippen molar-refractivity contribution in [1.29, 1.82) is 0 Å². The van der Waals surface area contributed by atoms with Crippen LogP contribution in [0.4, 0.5) is 0 Å². The van der Waals surface area contributed by atoms with E-state index in [1.165, 1.54) is 68.3 Å². The molecule has 3 N–H and O–H groups in total. The zero-order valence-electron chi connectivity index (χ0n) is 52.6. The van der Waals surface area contributed by atoms with Gasteiger partial charge < -0.3 is 63.8 Å². The van der Waals surface area contributed by atoms with Crippen LogP contribution in [0.3, 0.4) is 0 Å². The lowest BCUT2D eigenvalue weighted by atomic mass is 9.88. The van der Waals surface area contributed by atoms with Crippen molar-refractivity contribution < 1.29 is 71.9 Å². The zero-order valence-corrected chi connectivity index (χ0v) is 52.6. The van der Waals surface area contributed by atoms with Gasteiger partial charge in [0.2, 0.25) is 29.5 Å². The van der Waals surface area contributed by atoms with E-state index >= 15 is 0 Å². The zero-order chi connectivity index (χ0) is 64.9. The number of aryl methyl sites for hydroxylation is 1. The van der Waals surface area contributed by atoms with E-state index in [1.807, 2.05) is 36.4 Å². The summed E-state index contributed by atoms with van der Waals surface area (Å²) in [6, 6.07) is 30.0. The smallest absolute Gasteiger partial charge is 0.330 e. The Labute approximate surface area is 526 Å². The van der Waals surface area contributed by atoms with Crippen molar-refractivity contribution in [3.05, 3.63) is 161 Å². The molecule has 2 aliphatic heterocycles. The third kappa shape index (κ3) is 19.5. The van der Waals surface area contributed by atoms with E-state index in [-0.39, 0.29) is 69.1 Å². The summed E-state index contributed by atoms with van der Waals surface area (Å²) in [5.41, 5.74) is 2.42. The summed E-state index contributed by atoms with van der Waals surface area (Å²) in [7, 11) is 9.01. The first-order valence-electron chi connectivity index (χ1n) is 30.2. The number of hydrogen-bond donors (Lipinski definition) is 3. The molecule has 5 aromatic rings. The molecule has 2 bridgehead atoms. The minimum Gasteiger partial charge on any atom is -0.508 e. The summed E-state index contributed by atoms with van der Waals surface area (Å²) >= 11 is 0. The van der Waals surface area contributed by atoms with Gasteiger partial charge in [0.05, 0.1) is 34.5 Å². The predicted octanol–water partition coefficient (Wildman–Crippen LogP) is 6.76. The Hall–Kier alpha value is -9.40. The number of nitrogens with one attached hydrogen (secondary N) is 2. The van der Waals surface area contributed by atoms with Crippen molar-refractivity contribution in [2.45, 2.75) is 108 Å². The second kappa shape index (κ2) is 32.7. The van der Waals surface area contributed by atoms with Crippen LogP contribution in [0.2, 0.25) is 0 Å². The molecule has 21 heteroatoms. The number of aromatic hydroxyl groups is 1.